The van der Waals surface area contributed by atoms with E-state index in [-0.39, 0.29) is 5.91 Å². The summed E-state index contributed by atoms with van der Waals surface area (Å²) in [6.45, 7) is 1.95. The van der Waals surface area contributed by atoms with Crippen molar-refractivity contribution in [3.8, 4) is 0 Å². The molecule has 1 aromatic rings. The topological polar surface area (TPSA) is 55.1 Å². The molecule has 0 aliphatic carbocycles. The van der Waals surface area contributed by atoms with Crippen molar-refractivity contribution < 1.29 is 4.79 Å². The molecule has 0 saturated carbocycles. The Balaban J connectivity index is 2.68. The number of halogens is 1. The monoisotopic (exact) mass is 212 g/mol. The summed E-state index contributed by atoms with van der Waals surface area (Å²) in [5.41, 5.74) is 6.75. The van der Waals surface area contributed by atoms with Crippen LogP contribution in [0.1, 0.15) is 19.8 Å². The molecule has 0 aliphatic rings. The molecule has 3 nitrogen and oxygen atoms in total. The maximum atomic E-state index is 11.2. The van der Waals surface area contributed by atoms with Gasteiger partial charge in [-0.3, -0.25) is 4.79 Å². The zero-order valence-electron chi connectivity index (χ0n) is 8.01. The van der Waals surface area contributed by atoms with Gasteiger partial charge in [-0.15, -0.1) is 0 Å². The average molecular weight is 213 g/mol. The van der Waals surface area contributed by atoms with Crippen LogP contribution in [0.2, 0.25) is 5.02 Å². The van der Waals surface area contributed by atoms with Crippen molar-refractivity contribution in [1.82, 2.24) is 0 Å². The van der Waals surface area contributed by atoms with Gasteiger partial charge < -0.3 is 11.1 Å². The van der Waals surface area contributed by atoms with Gasteiger partial charge in [-0.05, 0) is 24.6 Å². The van der Waals surface area contributed by atoms with Crippen molar-refractivity contribution in [1.29, 1.82) is 0 Å². The standard InChI is InChI=1S/C10H13ClN2O/c1-2-3-10(14)13-7-4-5-8(11)9(12)6-7/h4-6H,2-3,12H2,1H3,(H,13,14). The molecule has 0 saturated heterocycles. The molecule has 76 valence electrons. The molecule has 0 fully saturated rings. The van der Waals surface area contributed by atoms with Gasteiger partial charge >= 0.3 is 0 Å². The Morgan fingerprint density at radius 3 is 2.86 bits per heavy atom. The van der Waals surface area contributed by atoms with Gasteiger partial charge in [-0.1, -0.05) is 18.5 Å². The minimum absolute atomic E-state index is 0.00535. The third-order valence-electron chi connectivity index (χ3n) is 1.76. The van der Waals surface area contributed by atoms with Crippen LogP contribution in [0.25, 0.3) is 0 Å². The van der Waals surface area contributed by atoms with Gasteiger partial charge in [-0.25, -0.2) is 0 Å². The molecule has 14 heavy (non-hydrogen) atoms. The first kappa shape index (κ1) is 10.9. The second-order valence-corrected chi connectivity index (χ2v) is 3.44. The maximum Gasteiger partial charge on any atom is 0.224 e. The molecule has 1 amide bonds. The van der Waals surface area contributed by atoms with Gasteiger partial charge in [0.15, 0.2) is 0 Å². The summed E-state index contributed by atoms with van der Waals surface area (Å²) in [6, 6.07) is 5.04. The molecule has 0 radical (unpaired) electrons. The number of carbonyl (C=O) groups is 1. The van der Waals surface area contributed by atoms with Gasteiger partial charge in [-0.2, -0.15) is 0 Å². The number of nitrogen functional groups attached to an aromatic ring is 1. The van der Waals surface area contributed by atoms with Crippen LogP contribution in [-0.4, -0.2) is 5.91 Å². The van der Waals surface area contributed by atoms with E-state index in [1.165, 1.54) is 0 Å². The number of nitrogens with two attached hydrogens (primary N) is 1. The van der Waals surface area contributed by atoms with E-state index < -0.39 is 0 Å². The third kappa shape index (κ3) is 2.92. The zero-order chi connectivity index (χ0) is 10.6. The zero-order valence-corrected chi connectivity index (χ0v) is 8.77. The highest BCUT2D eigenvalue weighted by Crippen LogP contribution is 2.22. The molecule has 0 atom stereocenters. The molecular formula is C10H13ClN2O. The summed E-state index contributed by atoms with van der Waals surface area (Å²) >= 11 is 5.74. The minimum Gasteiger partial charge on any atom is -0.397 e. The summed E-state index contributed by atoms with van der Waals surface area (Å²) in [6.07, 6.45) is 1.34. The lowest BCUT2D eigenvalue weighted by Crippen LogP contribution is -2.10. The summed E-state index contributed by atoms with van der Waals surface area (Å²) in [4.78, 5) is 11.2. The number of hydrogen-bond acceptors (Lipinski definition) is 2. The summed E-state index contributed by atoms with van der Waals surface area (Å²) < 4.78 is 0. The maximum absolute atomic E-state index is 11.2. The van der Waals surface area contributed by atoms with Gasteiger partial charge in [0.05, 0.1) is 10.7 Å². The molecule has 0 aromatic heterocycles. The fourth-order valence-corrected chi connectivity index (χ4v) is 1.19. The second kappa shape index (κ2) is 4.86. The number of carbonyl (C=O) groups excluding carboxylic acids is 1. The molecule has 1 rings (SSSR count). The van der Waals surface area contributed by atoms with Crippen molar-refractivity contribution in [2.75, 3.05) is 11.1 Å². The fraction of sp³-hybridized carbons (Fsp3) is 0.300. The smallest absolute Gasteiger partial charge is 0.224 e. The fourth-order valence-electron chi connectivity index (χ4n) is 1.07. The van der Waals surface area contributed by atoms with E-state index in [1.807, 2.05) is 6.92 Å². The number of anilines is 2. The third-order valence-corrected chi connectivity index (χ3v) is 2.10. The van der Waals surface area contributed by atoms with Crippen LogP contribution in [-0.2, 0) is 4.79 Å². The Hall–Kier alpha value is -1.22. The summed E-state index contributed by atoms with van der Waals surface area (Å²) in [5, 5.41) is 3.23. The number of rotatable bonds is 3. The van der Waals surface area contributed by atoms with E-state index in [4.69, 9.17) is 17.3 Å². The van der Waals surface area contributed by atoms with Crippen molar-refractivity contribution in [3.63, 3.8) is 0 Å². The average Bonchev–Trinajstić information content (AvgIpc) is 2.12. The van der Waals surface area contributed by atoms with Gasteiger partial charge in [0.2, 0.25) is 5.91 Å². The minimum atomic E-state index is -0.00535. The molecule has 0 aliphatic heterocycles. The van der Waals surface area contributed by atoms with Gasteiger partial charge in [0.1, 0.15) is 0 Å². The first-order chi connectivity index (χ1) is 6.63. The van der Waals surface area contributed by atoms with E-state index in [2.05, 4.69) is 5.32 Å². The summed E-state index contributed by atoms with van der Waals surface area (Å²) in [7, 11) is 0. The van der Waals surface area contributed by atoms with Gasteiger partial charge in [0, 0.05) is 12.1 Å². The first-order valence-corrected chi connectivity index (χ1v) is 4.86. The lowest BCUT2D eigenvalue weighted by molar-refractivity contribution is -0.116. The predicted molar refractivity (Wildman–Crippen MR) is 59.4 cm³/mol. The quantitative estimate of drug-likeness (QED) is 0.757. The van der Waals surface area contributed by atoms with Crippen molar-refractivity contribution in [3.05, 3.63) is 23.2 Å². The highest BCUT2D eigenvalue weighted by molar-refractivity contribution is 6.33. The molecular weight excluding hydrogens is 200 g/mol. The van der Waals surface area contributed by atoms with E-state index in [0.717, 1.165) is 6.42 Å². The Morgan fingerprint density at radius 2 is 2.29 bits per heavy atom. The highest BCUT2D eigenvalue weighted by Gasteiger charge is 2.02. The van der Waals surface area contributed by atoms with E-state index >= 15 is 0 Å². The molecule has 0 spiro atoms. The Morgan fingerprint density at radius 1 is 1.57 bits per heavy atom. The lowest BCUT2D eigenvalue weighted by Gasteiger charge is -2.05. The normalized spacial score (nSPS) is 9.86. The SMILES string of the molecule is CCCC(=O)Nc1ccc(Cl)c(N)c1. The summed E-state index contributed by atoms with van der Waals surface area (Å²) in [5.74, 6) is -0.00535. The molecule has 1 aromatic carbocycles. The van der Waals surface area contributed by atoms with Crippen LogP contribution in [0, 0.1) is 0 Å². The highest BCUT2D eigenvalue weighted by atomic mass is 35.5. The van der Waals surface area contributed by atoms with Crippen LogP contribution in [0.15, 0.2) is 18.2 Å². The Kier molecular flexibility index (Phi) is 3.77. The van der Waals surface area contributed by atoms with Crippen LogP contribution in [0.3, 0.4) is 0 Å². The van der Waals surface area contributed by atoms with Crippen LogP contribution >= 0.6 is 11.6 Å². The Labute approximate surface area is 88.2 Å². The molecule has 0 unspecified atom stereocenters. The number of benzene rings is 1. The number of hydrogen-bond donors (Lipinski definition) is 2. The van der Waals surface area contributed by atoms with E-state index in [0.29, 0.717) is 22.8 Å². The molecule has 4 heteroatoms. The molecule has 0 heterocycles. The predicted octanol–water partition coefficient (Wildman–Crippen LogP) is 2.66. The van der Waals surface area contributed by atoms with Crippen LogP contribution in [0.5, 0.6) is 0 Å². The number of nitrogens with one attached hydrogen (secondary N) is 1. The Bertz CT molecular complexity index is 339. The molecule has 0 bridgehead atoms. The van der Waals surface area contributed by atoms with E-state index in [1.54, 1.807) is 18.2 Å². The lowest BCUT2D eigenvalue weighted by atomic mass is 10.2. The van der Waals surface area contributed by atoms with Crippen molar-refractivity contribution in [2.45, 2.75) is 19.8 Å². The van der Waals surface area contributed by atoms with E-state index in [9.17, 15) is 4.79 Å². The van der Waals surface area contributed by atoms with Crippen LogP contribution in [0.4, 0.5) is 11.4 Å². The molecule has 3 N–H and O–H groups in total. The van der Waals surface area contributed by atoms with Crippen molar-refractivity contribution >= 4 is 28.9 Å². The van der Waals surface area contributed by atoms with Gasteiger partial charge in [0.25, 0.3) is 0 Å². The largest absolute Gasteiger partial charge is 0.397 e. The number of amides is 1. The second-order valence-electron chi connectivity index (χ2n) is 3.03. The van der Waals surface area contributed by atoms with Crippen LogP contribution < -0.4 is 11.1 Å². The first-order valence-electron chi connectivity index (χ1n) is 4.48. The van der Waals surface area contributed by atoms with Crippen molar-refractivity contribution in [2.24, 2.45) is 0 Å².